The molecule has 0 aliphatic rings. The molecule has 0 saturated carbocycles. The standard InChI is InChI=1S/C27H31N3O4/c1-4-23(24-15-30(17-29-24)14-19(3)27(32)33)26(28)25(31)13-20-9-11-22(12-10-20)34-16-21-8-6-5-7-18(21)2/h5-12,15,17,19,23,28H,4,13-14,16H2,1-3H3,(H,32,33). The molecular formula is C27H31N3O4. The molecule has 34 heavy (non-hydrogen) atoms. The van der Waals surface area contributed by atoms with Crippen molar-refractivity contribution in [3.05, 3.63) is 83.4 Å². The van der Waals surface area contributed by atoms with Crippen molar-refractivity contribution in [1.82, 2.24) is 9.55 Å². The number of Topliss-reactive ketones (excluding diaryl/α,β-unsaturated/α-hetero) is 1. The summed E-state index contributed by atoms with van der Waals surface area (Å²) in [6, 6.07) is 15.4. The van der Waals surface area contributed by atoms with Gasteiger partial charge in [-0.2, -0.15) is 0 Å². The molecule has 2 aromatic carbocycles. The van der Waals surface area contributed by atoms with Crippen molar-refractivity contribution in [2.45, 2.75) is 52.7 Å². The van der Waals surface area contributed by atoms with Gasteiger partial charge < -0.3 is 19.8 Å². The molecule has 1 aromatic heterocycles. The van der Waals surface area contributed by atoms with Gasteiger partial charge in [-0.15, -0.1) is 0 Å². The maximum atomic E-state index is 12.8. The molecule has 2 unspecified atom stereocenters. The number of carboxylic acids is 1. The Morgan fingerprint density at radius 1 is 1.15 bits per heavy atom. The van der Waals surface area contributed by atoms with Gasteiger partial charge in [-0.05, 0) is 42.2 Å². The fraction of sp³-hybridized carbons (Fsp3) is 0.333. The topological polar surface area (TPSA) is 105 Å². The van der Waals surface area contributed by atoms with Crippen molar-refractivity contribution >= 4 is 17.5 Å². The number of aryl methyl sites for hydroxylation is 1. The Labute approximate surface area is 199 Å². The normalized spacial score (nSPS) is 12.7. The summed E-state index contributed by atoms with van der Waals surface area (Å²) in [7, 11) is 0. The van der Waals surface area contributed by atoms with Gasteiger partial charge in [0.1, 0.15) is 12.4 Å². The van der Waals surface area contributed by atoms with Crippen LogP contribution in [0.25, 0.3) is 0 Å². The molecule has 178 valence electrons. The summed E-state index contributed by atoms with van der Waals surface area (Å²) in [5.41, 5.74) is 3.74. The molecule has 0 aliphatic carbocycles. The number of aliphatic carboxylic acids is 1. The minimum Gasteiger partial charge on any atom is -0.489 e. The number of carbonyl (C=O) groups is 2. The highest BCUT2D eigenvalue weighted by molar-refractivity contribution is 6.40. The summed E-state index contributed by atoms with van der Waals surface area (Å²) in [6.45, 7) is 6.35. The van der Waals surface area contributed by atoms with Gasteiger partial charge in [-0.25, -0.2) is 4.98 Å². The van der Waals surface area contributed by atoms with E-state index in [0.717, 1.165) is 16.9 Å². The van der Waals surface area contributed by atoms with Crippen LogP contribution >= 0.6 is 0 Å². The second-order valence-electron chi connectivity index (χ2n) is 8.57. The van der Waals surface area contributed by atoms with Crippen molar-refractivity contribution in [1.29, 1.82) is 5.41 Å². The van der Waals surface area contributed by atoms with Crippen molar-refractivity contribution in [3.8, 4) is 5.75 Å². The molecule has 0 aliphatic heterocycles. The van der Waals surface area contributed by atoms with E-state index < -0.39 is 17.8 Å². The van der Waals surface area contributed by atoms with Crippen LogP contribution in [-0.2, 0) is 29.2 Å². The van der Waals surface area contributed by atoms with Crippen LogP contribution in [0.5, 0.6) is 5.75 Å². The summed E-state index contributed by atoms with van der Waals surface area (Å²) in [4.78, 5) is 28.2. The molecule has 0 radical (unpaired) electrons. The van der Waals surface area contributed by atoms with Gasteiger partial charge in [0.2, 0.25) is 0 Å². The number of hydrogen-bond acceptors (Lipinski definition) is 5. The summed E-state index contributed by atoms with van der Waals surface area (Å²) in [5.74, 6) is -1.38. The number of nitrogens with zero attached hydrogens (tertiary/aromatic N) is 2. The second kappa shape index (κ2) is 11.4. The fourth-order valence-corrected chi connectivity index (χ4v) is 3.72. The summed E-state index contributed by atoms with van der Waals surface area (Å²) >= 11 is 0. The van der Waals surface area contributed by atoms with Crippen molar-refractivity contribution < 1.29 is 19.4 Å². The minimum atomic E-state index is -0.878. The Kier molecular flexibility index (Phi) is 8.35. The van der Waals surface area contributed by atoms with Gasteiger partial charge in [-0.3, -0.25) is 9.59 Å². The van der Waals surface area contributed by atoms with Crippen molar-refractivity contribution in [3.63, 3.8) is 0 Å². The predicted octanol–water partition coefficient (Wildman–Crippen LogP) is 4.82. The first-order chi connectivity index (χ1) is 16.3. The lowest BCUT2D eigenvalue weighted by atomic mass is 9.91. The Morgan fingerprint density at radius 2 is 1.85 bits per heavy atom. The number of benzene rings is 2. The zero-order chi connectivity index (χ0) is 24.7. The Balaban J connectivity index is 1.58. The van der Waals surface area contributed by atoms with E-state index in [0.29, 0.717) is 18.7 Å². The molecule has 3 rings (SSSR count). The maximum Gasteiger partial charge on any atom is 0.308 e. The van der Waals surface area contributed by atoms with Gasteiger partial charge in [0.25, 0.3) is 0 Å². The minimum absolute atomic E-state index is 0.0129. The number of imidazole rings is 1. The summed E-state index contributed by atoms with van der Waals surface area (Å²) in [5, 5.41) is 17.6. The van der Waals surface area contributed by atoms with Crippen LogP contribution < -0.4 is 4.74 Å². The average Bonchev–Trinajstić information content (AvgIpc) is 3.27. The van der Waals surface area contributed by atoms with E-state index in [1.807, 2.05) is 62.4 Å². The molecular weight excluding hydrogens is 430 g/mol. The van der Waals surface area contributed by atoms with Crippen LogP contribution in [0.2, 0.25) is 0 Å². The summed E-state index contributed by atoms with van der Waals surface area (Å²) in [6.07, 6.45) is 3.98. The van der Waals surface area contributed by atoms with E-state index in [2.05, 4.69) is 4.98 Å². The predicted molar refractivity (Wildman–Crippen MR) is 130 cm³/mol. The van der Waals surface area contributed by atoms with Crippen molar-refractivity contribution in [2.24, 2.45) is 5.92 Å². The SMILES string of the molecule is CCC(C(=N)C(=O)Cc1ccc(OCc2ccccc2C)cc1)c1cn(CC(C)C(=O)O)cn1. The number of rotatable bonds is 12. The van der Waals surface area contributed by atoms with Gasteiger partial charge in [0.05, 0.1) is 23.7 Å². The zero-order valence-electron chi connectivity index (χ0n) is 19.8. The molecule has 0 amide bonds. The number of hydrogen-bond donors (Lipinski definition) is 2. The first kappa shape index (κ1) is 24.9. The number of aromatic nitrogens is 2. The quantitative estimate of drug-likeness (QED) is 0.376. The van der Waals surface area contributed by atoms with Gasteiger partial charge in [0.15, 0.2) is 5.78 Å². The highest BCUT2D eigenvalue weighted by Gasteiger charge is 2.24. The molecule has 2 N–H and O–H groups in total. The molecule has 3 aromatic rings. The molecule has 1 heterocycles. The third-order valence-corrected chi connectivity index (χ3v) is 5.92. The fourth-order valence-electron chi connectivity index (χ4n) is 3.72. The molecule has 0 bridgehead atoms. The molecule has 0 spiro atoms. The summed E-state index contributed by atoms with van der Waals surface area (Å²) < 4.78 is 7.56. The van der Waals surface area contributed by atoms with E-state index >= 15 is 0 Å². The molecule has 7 nitrogen and oxygen atoms in total. The molecule has 2 atom stereocenters. The third kappa shape index (κ3) is 6.41. The van der Waals surface area contributed by atoms with Gasteiger partial charge in [0, 0.05) is 25.1 Å². The first-order valence-electron chi connectivity index (χ1n) is 11.4. The maximum absolute atomic E-state index is 12.8. The van der Waals surface area contributed by atoms with E-state index in [-0.39, 0.29) is 24.5 Å². The average molecular weight is 462 g/mol. The lowest BCUT2D eigenvalue weighted by molar-refractivity contribution is -0.141. The molecule has 7 heteroatoms. The number of carboxylic acid groups (broad SMARTS) is 1. The lowest BCUT2D eigenvalue weighted by Gasteiger charge is -2.14. The number of ether oxygens (including phenoxy) is 1. The Bertz CT molecular complexity index is 1150. The first-order valence-corrected chi connectivity index (χ1v) is 11.4. The van der Waals surface area contributed by atoms with Crippen LogP contribution in [0.3, 0.4) is 0 Å². The lowest BCUT2D eigenvalue weighted by Crippen LogP contribution is -2.23. The van der Waals surface area contributed by atoms with E-state index in [9.17, 15) is 9.59 Å². The second-order valence-corrected chi connectivity index (χ2v) is 8.57. The Hall–Kier alpha value is -3.74. The highest BCUT2D eigenvalue weighted by atomic mass is 16.5. The van der Waals surface area contributed by atoms with Crippen LogP contribution in [-0.4, -0.2) is 32.1 Å². The zero-order valence-corrected chi connectivity index (χ0v) is 19.8. The number of carbonyl (C=O) groups excluding carboxylic acids is 1. The van der Waals surface area contributed by atoms with Crippen LogP contribution in [0.1, 0.15) is 48.6 Å². The van der Waals surface area contributed by atoms with Gasteiger partial charge in [-0.1, -0.05) is 50.2 Å². The highest BCUT2D eigenvalue weighted by Crippen LogP contribution is 2.22. The molecule has 0 saturated heterocycles. The monoisotopic (exact) mass is 461 g/mol. The third-order valence-electron chi connectivity index (χ3n) is 5.92. The number of nitrogens with one attached hydrogen (secondary N) is 1. The smallest absolute Gasteiger partial charge is 0.308 e. The Morgan fingerprint density at radius 3 is 2.50 bits per heavy atom. The van der Waals surface area contributed by atoms with Crippen LogP contribution in [0.15, 0.2) is 61.1 Å². The van der Waals surface area contributed by atoms with Crippen LogP contribution in [0, 0.1) is 18.3 Å². The van der Waals surface area contributed by atoms with Crippen LogP contribution in [0.4, 0.5) is 0 Å². The van der Waals surface area contributed by atoms with E-state index in [1.165, 1.54) is 5.56 Å². The molecule has 0 fully saturated rings. The van der Waals surface area contributed by atoms with Gasteiger partial charge >= 0.3 is 5.97 Å². The van der Waals surface area contributed by atoms with Crippen molar-refractivity contribution in [2.75, 3.05) is 0 Å². The van der Waals surface area contributed by atoms with E-state index in [4.69, 9.17) is 15.3 Å². The van der Waals surface area contributed by atoms with E-state index in [1.54, 1.807) is 24.0 Å². The number of ketones is 1. The largest absolute Gasteiger partial charge is 0.489 e.